The lowest BCUT2D eigenvalue weighted by Gasteiger charge is -2.57. The molecular weight excluding hydrogens is 497 g/mol. The van der Waals surface area contributed by atoms with Crippen LogP contribution < -0.4 is 5.56 Å². The van der Waals surface area contributed by atoms with Crippen LogP contribution in [0, 0.1) is 29.6 Å². The molecule has 3 saturated carbocycles. The number of rotatable bonds is 5. The van der Waals surface area contributed by atoms with Crippen LogP contribution in [0.2, 0.25) is 0 Å². The minimum absolute atomic E-state index is 0.00339. The van der Waals surface area contributed by atoms with Gasteiger partial charge in [0.2, 0.25) is 0 Å². The fraction of sp³-hybridized carbons (Fsp3) is 0.733. The molecule has 2 saturated heterocycles. The summed E-state index contributed by atoms with van der Waals surface area (Å²) in [6.45, 7) is 7.36. The third-order valence-electron chi connectivity index (χ3n) is 10.9. The zero-order chi connectivity index (χ0) is 26.8. The first kappa shape index (κ1) is 26.7. The van der Waals surface area contributed by atoms with Crippen LogP contribution in [0.15, 0.2) is 29.1 Å². The maximum absolute atomic E-state index is 13.8. The average Bonchev–Trinajstić information content (AvgIpc) is 2.84. The van der Waals surface area contributed by atoms with Crippen LogP contribution in [0.25, 0.3) is 11.0 Å². The Labute approximate surface area is 226 Å². The highest BCUT2D eigenvalue weighted by molar-refractivity contribution is 7.51. The van der Waals surface area contributed by atoms with Gasteiger partial charge in [0.25, 0.3) is 5.56 Å². The van der Waals surface area contributed by atoms with Crippen molar-refractivity contribution in [2.24, 2.45) is 29.6 Å². The normalized spacial score (nSPS) is 37.9. The molecule has 38 heavy (non-hydrogen) atoms. The van der Waals surface area contributed by atoms with Crippen LogP contribution in [0.3, 0.4) is 0 Å². The first-order valence-electron chi connectivity index (χ1n) is 14.9. The standard InChI is InChI=1S/C30H44N3O4P/c1-18-8-9-23-16-25(17-29(18)32(23)24-12-19(2)20(3)22-13-21(14-22)15-24)33-28-7-5-4-6-26(28)31-27(30(33)34)10-11-38(35,36)37/h4-7,18-25,29H,8-17H2,1-3H3,(H2,35,36,37)/t18?,19?,20?,21?,22?,23-,24+,25+,29?/m1/s1. The van der Waals surface area contributed by atoms with Gasteiger partial charge in [0.1, 0.15) is 5.69 Å². The van der Waals surface area contributed by atoms with Crippen LogP contribution >= 0.6 is 7.60 Å². The van der Waals surface area contributed by atoms with Gasteiger partial charge >= 0.3 is 7.60 Å². The molecule has 5 aliphatic rings. The Hall–Kier alpha value is -1.53. The van der Waals surface area contributed by atoms with E-state index in [1.807, 2.05) is 28.8 Å². The molecule has 7 rings (SSSR count). The smallest absolute Gasteiger partial charge is 0.324 e. The Bertz CT molecular complexity index is 1280. The van der Waals surface area contributed by atoms with Crippen LogP contribution in [-0.4, -0.2) is 48.5 Å². The lowest BCUT2D eigenvalue weighted by molar-refractivity contribution is -0.0756. The Balaban J connectivity index is 1.34. The third kappa shape index (κ3) is 4.93. The molecular formula is C30H44N3O4P. The molecule has 4 unspecified atom stereocenters. The van der Waals surface area contributed by atoms with Crippen LogP contribution in [0.1, 0.15) is 83.9 Å². The second-order valence-corrected chi connectivity index (χ2v) is 15.0. The van der Waals surface area contributed by atoms with E-state index in [1.54, 1.807) is 0 Å². The predicted molar refractivity (Wildman–Crippen MR) is 150 cm³/mol. The molecule has 2 aliphatic heterocycles. The molecule has 5 fully saturated rings. The molecule has 2 aromatic rings. The van der Waals surface area contributed by atoms with E-state index in [1.165, 1.54) is 38.5 Å². The fourth-order valence-corrected chi connectivity index (χ4v) is 9.15. The lowest BCUT2D eigenvalue weighted by Crippen LogP contribution is -2.61. The highest BCUT2D eigenvalue weighted by atomic mass is 31.2. The Kier molecular flexibility index (Phi) is 7.12. The molecule has 0 spiro atoms. The summed E-state index contributed by atoms with van der Waals surface area (Å²) in [5.74, 6) is 3.99. The quantitative estimate of drug-likeness (QED) is 0.494. The van der Waals surface area contributed by atoms with Crippen molar-refractivity contribution in [1.29, 1.82) is 0 Å². The van der Waals surface area contributed by atoms with Gasteiger partial charge in [-0.25, -0.2) is 4.98 Å². The van der Waals surface area contributed by atoms with E-state index in [-0.39, 0.29) is 29.9 Å². The van der Waals surface area contributed by atoms with Gasteiger partial charge in [-0.05, 0) is 93.1 Å². The number of aromatic nitrogens is 2. The van der Waals surface area contributed by atoms with Gasteiger partial charge in [0, 0.05) is 30.6 Å². The number of hydrogen-bond donors (Lipinski definition) is 2. The van der Waals surface area contributed by atoms with Gasteiger partial charge in [-0.1, -0.05) is 32.9 Å². The van der Waals surface area contributed by atoms with Gasteiger partial charge in [0.15, 0.2) is 0 Å². The topological polar surface area (TPSA) is 95.7 Å². The molecule has 2 N–H and O–H groups in total. The molecule has 7 nitrogen and oxygen atoms in total. The highest BCUT2D eigenvalue weighted by Gasteiger charge is 2.48. The summed E-state index contributed by atoms with van der Waals surface area (Å²) in [5.41, 5.74) is 1.68. The fourth-order valence-electron chi connectivity index (χ4n) is 8.65. The van der Waals surface area contributed by atoms with Gasteiger partial charge < -0.3 is 14.4 Å². The summed E-state index contributed by atoms with van der Waals surface area (Å²) in [4.78, 5) is 40.2. The minimum atomic E-state index is -4.22. The van der Waals surface area contributed by atoms with Crippen molar-refractivity contribution >= 4 is 18.6 Å². The molecule has 0 radical (unpaired) electrons. The average molecular weight is 542 g/mol. The maximum Gasteiger partial charge on any atom is 0.325 e. The predicted octanol–water partition coefficient (Wildman–Crippen LogP) is 5.38. The van der Waals surface area contributed by atoms with Gasteiger partial charge in [0.05, 0.1) is 17.2 Å². The van der Waals surface area contributed by atoms with Crippen molar-refractivity contribution in [2.45, 2.75) is 103 Å². The Morgan fingerprint density at radius 1 is 0.921 bits per heavy atom. The van der Waals surface area contributed by atoms with Gasteiger partial charge in [-0.15, -0.1) is 0 Å². The van der Waals surface area contributed by atoms with E-state index in [0.29, 0.717) is 24.0 Å². The summed E-state index contributed by atoms with van der Waals surface area (Å²) in [6, 6.07) is 9.43. The summed E-state index contributed by atoms with van der Waals surface area (Å²) < 4.78 is 13.5. The molecule has 8 heteroatoms. The van der Waals surface area contributed by atoms with E-state index in [4.69, 9.17) is 0 Å². The molecule has 4 bridgehead atoms. The molecule has 0 amide bonds. The maximum atomic E-state index is 13.8. The number of piperidine rings is 2. The van der Waals surface area contributed by atoms with E-state index in [0.717, 1.165) is 47.5 Å². The van der Waals surface area contributed by atoms with Crippen LogP contribution in [-0.2, 0) is 11.0 Å². The van der Waals surface area contributed by atoms with Crippen molar-refractivity contribution < 1.29 is 14.4 Å². The van der Waals surface area contributed by atoms with Crippen molar-refractivity contribution in [2.75, 3.05) is 6.16 Å². The van der Waals surface area contributed by atoms with E-state index in [9.17, 15) is 19.1 Å². The number of aryl methyl sites for hydroxylation is 1. The molecule has 1 aromatic carbocycles. The van der Waals surface area contributed by atoms with Crippen molar-refractivity contribution in [3.05, 3.63) is 40.3 Å². The zero-order valence-electron chi connectivity index (χ0n) is 23.1. The SMILES string of the molecule is CC1C[C@H](N2C3C[C@@H](n4c(=O)c(CCP(=O)(O)O)nc5ccccc54)C[C@H]2CCC3C)CC2CC(C2)C1C. The lowest BCUT2D eigenvalue weighted by atomic mass is 9.60. The molecule has 3 heterocycles. The molecule has 7 atom stereocenters. The van der Waals surface area contributed by atoms with E-state index >= 15 is 0 Å². The second-order valence-electron chi connectivity index (χ2n) is 13.3. The Morgan fingerprint density at radius 2 is 1.68 bits per heavy atom. The number of fused-ring (bicyclic) bond motifs is 8. The van der Waals surface area contributed by atoms with Crippen molar-refractivity contribution in [3.63, 3.8) is 0 Å². The first-order chi connectivity index (χ1) is 18.1. The third-order valence-corrected chi connectivity index (χ3v) is 11.7. The Morgan fingerprint density at radius 3 is 2.45 bits per heavy atom. The molecule has 208 valence electrons. The number of nitrogens with zero attached hydrogens (tertiary/aromatic N) is 3. The summed E-state index contributed by atoms with van der Waals surface area (Å²) in [7, 11) is -4.22. The van der Waals surface area contributed by atoms with Gasteiger partial charge in [-0.2, -0.15) is 0 Å². The largest absolute Gasteiger partial charge is 0.325 e. The number of benzene rings is 1. The minimum Gasteiger partial charge on any atom is -0.324 e. The first-order valence-corrected chi connectivity index (χ1v) is 16.7. The van der Waals surface area contributed by atoms with Crippen molar-refractivity contribution in [1.82, 2.24) is 14.5 Å². The van der Waals surface area contributed by atoms with E-state index < -0.39 is 7.60 Å². The summed E-state index contributed by atoms with van der Waals surface area (Å²) in [6.07, 6.45) is 9.46. The highest BCUT2D eigenvalue weighted by Crippen LogP contribution is 2.51. The molecule has 3 aliphatic carbocycles. The second kappa shape index (κ2) is 10.1. The van der Waals surface area contributed by atoms with Gasteiger partial charge in [-0.3, -0.25) is 14.3 Å². The number of hydrogen-bond acceptors (Lipinski definition) is 4. The number of para-hydroxylation sites is 2. The van der Waals surface area contributed by atoms with Crippen LogP contribution in [0.4, 0.5) is 0 Å². The van der Waals surface area contributed by atoms with Crippen molar-refractivity contribution in [3.8, 4) is 0 Å². The van der Waals surface area contributed by atoms with Crippen LogP contribution in [0.5, 0.6) is 0 Å². The molecule has 1 aromatic heterocycles. The summed E-state index contributed by atoms with van der Waals surface area (Å²) >= 11 is 0. The zero-order valence-corrected chi connectivity index (χ0v) is 24.0. The monoisotopic (exact) mass is 541 g/mol. The van der Waals surface area contributed by atoms with E-state index in [2.05, 4.69) is 30.7 Å². The summed E-state index contributed by atoms with van der Waals surface area (Å²) in [5, 5.41) is 0.